The number of carbonyl (C=O) groups excluding carboxylic acids is 2. The highest BCUT2D eigenvalue weighted by Gasteiger charge is 2.28. The van der Waals surface area contributed by atoms with Gasteiger partial charge in [-0.2, -0.15) is 0 Å². The van der Waals surface area contributed by atoms with Crippen molar-refractivity contribution in [2.45, 2.75) is 32.6 Å². The fourth-order valence-corrected chi connectivity index (χ4v) is 3.11. The molecule has 25 heavy (non-hydrogen) atoms. The maximum atomic E-state index is 12.3. The van der Waals surface area contributed by atoms with E-state index in [2.05, 4.69) is 6.07 Å². The van der Waals surface area contributed by atoms with Crippen molar-refractivity contribution >= 4 is 17.8 Å². The predicted octanol–water partition coefficient (Wildman–Crippen LogP) is 1.71. The molecule has 0 aliphatic carbocycles. The van der Waals surface area contributed by atoms with Crippen molar-refractivity contribution in [2.75, 3.05) is 26.7 Å². The fraction of sp³-hybridized carbons (Fsp3) is 0.526. The summed E-state index contributed by atoms with van der Waals surface area (Å²) in [7, 11) is 1.62. The van der Waals surface area contributed by atoms with Crippen LogP contribution < -0.4 is 0 Å². The molecule has 1 atom stereocenters. The number of hydrogen-bond acceptors (Lipinski definition) is 3. The summed E-state index contributed by atoms with van der Waals surface area (Å²) < 4.78 is 0. The highest BCUT2D eigenvalue weighted by Crippen LogP contribution is 2.17. The molecule has 6 nitrogen and oxygen atoms in total. The largest absolute Gasteiger partial charge is 0.481 e. The summed E-state index contributed by atoms with van der Waals surface area (Å²) in [4.78, 5) is 38.7. The van der Waals surface area contributed by atoms with Gasteiger partial charge in [0.1, 0.15) is 0 Å². The Bertz CT molecular complexity index is 644. The number of aliphatic carboxylic acids is 1. The number of hydrogen-bond donors (Lipinski definition) is 1. The molecule has 1 unspecified atom stereocenters. The number of likely N-dealkylation sites (tertiary alicyclic amines) is 1. The molecule has 0 bridgehead atoms. The first-order valence-electron chi connectivity index (χ1n) is 8.67. The fourth-order valence-electron chi connectivity index (χ4n) is 3.11. The molecule has 0 radical (unpaired) electrons. The standard InChI is InChI=1S/C19H26N2O4/c1-14-5-3-6-15(11-14)8-9-17(22)20(2)13-18(23)21-10-4-7-16(12-21)19(24)25/h3,5-6,11,16H,4,7-10,12-13H2,1-2H3,(H,24,25). The Labute approximate surface area is 148 Å². The van der Waals surface area contributed by atoms with E-state index >= 15 is 0 Å². The summed E-state index contributed by atoms with van der Waals surface area (Å²) >= 11 is 0. The van der Waals surface area contributed by atoms with Crippen molar-refractivity contribution in [1.82, 2.24) is 9.80 Å². The number of amides is 2. The number of rotatable bonds is 6. The number of piperidine rings is 1. The Morgan fingerprint density at radius 3 is 2.76 bits per heavy atom. The van der Waals surface area contributed by atoms with Gasteiger partial charge in [-0.05, 0) is 31.7 Å². The normalized spacial score (nSPS) is 17.2. The topological polar surface area (TPSA) is 77.9 Å². The second kappa shape index (κ2) is 8.65. The summed E-state index contributed by atoms with van der Waals surface area (Å²) in [5.41, 5.74) is 2.26. The molecule has 0 aromatic heterocycles. The average Bonchev–Trinajstić information content (AvgIpc) is 2.59. The van der Waals surface area contributed by atoms with Crippen LogP contribution in [-0.2, 0) is 20.8 Å². The zero-order valence-electron chi connectivity index (χ0n) is 14.9. The van der Waals surface area contributed by atoms with Gasteiger partial charge in [-0.15, -0.1) is 0 Å². The molecule has 1 fully saturated rings. The Morgan fingerprint density at radius 2 is 2.08 bits per heavy atom. The van der Waals surface area contributed by atoms with Gasteiger partial charge >= 0.3 is 5.97 Å². The van der Waals surface area contributed by atoms with E-state index in [0.717, 1.165) is 11.1 Å². The van der Waals surface area contributed by atoms with Crippen LogP contribution in [0, 0.1) is 12.8 Å². The van der Waals surface area contributed by atoms with Gasteiger partial charge in [-0.1, -0.05) is 29.8 Å². The van der Waals surface area contributed by atoms with Crippen LogP contribution in [0.25, 0.3) is 0 Å². The summed E-state index contributed by atoms with van der Waals surface area (Å²) in [6.07, 6.45) is 2.28. The van der Waals surface area contributed by atoms with Gasteiger partial charge in [0.25, 0.3) is 0 Å². The number of carbonyl (C=O) groups is 3. The van der Waals surface area contributed by atoms with E-state index in [1.807, 2.05) is 25.1 Å². The van der Waals surface area contributed by atoms with Crippen LogP contribution in [0.3, 0.4) is 0 Å². The highest BCUT2D eigenvalue weighted by molar-refractivity contribution is 5.85. The molecular formula is C19H26N2O4. The number of benzene rings is 1. The lowest BCUT2D eigenvalue weighted by Gasteiger charge is -2.32. The third kappa shape index (κ3) is 5.59. The number of carboxylic acids is 1. The molecule has 0 spiro atoms. The van der Waals surface area contributed by atoms with Crippen LogP contribution in [0.5, 0.6) is 0 Å². The molecule has 1 aliphatic rings. The van der Waals surface area contributed by atoms with Crippen molar-refractivity contribution in [3.63, 3.8) is 0 Å². The lowest BCUT2D eigenvalue weighted by atomic mass is 9.98. The molecule has 6 heteroatoms. The number of likely N-dealkylation sites (N-methyl/N-ethyl adjacent to an activating group) is 1. The Kier molecular flexibility index (Phi) is 6.56. The molecule has 2 amide bonds. The first-order chi connectivity index (χ1) is 11.9. The molecule has 1 saturated heterocycles. The smallest absolute Gasteiger partial charge is 0.308 e. The maximum absolute atomic E-state index is 12.3. The van der Waals surface area contributed by atoms with Gasteiger partial charge in [0.05, 0.1) is 12.5 Å². The SMILES string of the molecule is Cc1cccc(CCC(=O)N(C)CC(=O)N2CCCC(C(=O)O)C2)c1. The van der Waals surface area contributed by atoms with Crippen LogP contribution in [-0.4, -0.2) is 59.4 Å². The third-order valence-corrected chi connectivity index (χ3v) is 4.63. The van der Waals surface area contributed by atoms with Gasteiger partial charge < -0.3 is 14.9 Å². The zero-order valence-corrected chi connectivity index (χ0v) is 14.9. The van der Waals surface area contributed by atoms with E-state index < -0.39 is 11.9 Å². The summed E-state index contributed by atoms with van der Waals surface area (Å²) in [6.45, 7) is 2.81. The van der Waals surface area contributed by atoms with E-state index in [1.54, 1.807) is 11.9 Å². The molecule has 136 valence electrons. The molecule has 2 rings (SSSR count). The van der Waals surface area contributed by atoms with Gasteiger partial charge in [0, 0.05) is 26.6 Å². The first-order valence-corrected chi connectivity index (χ1v) is 8.67. The Balaban J connectivity index is 1.81. The third-order valence-electron chi connectivity index (χ3n) is 4.63. The zero-order chi connectivity index (χ0) is 18.4. The number of aryl methyl sites for hydroxylation is 2. The highest BCUT2D eigenvalue weighted by atomic mass is 16.4. The lowest BCUT2D eigenvalue weighted by Crippen LogP contribution is -2.46. The predicted molar refractivity (Wildman–Crippen MR) is 94.1 cm³/mol. The van der Waals surface area contributed by atoms with Crippen LogP contribution in [0.2, 0.25) is 0 Å². The quantitative estimate of drug-likeness (QED) is 0.851. The van der Waals surface area contributed by atoms with Crippen molar-refractivity contribution in [3.05, 3.63) is 35.4 Å². The monoisotopic (exact) mass is 346 g/mol. The first kappa shape index (κ1) is 19.0. The van der Waals surface area contributed by atoms with E-state index in [1.165, 1.54) is 4.90 Å². The maximum Gasteiger partial charge on any atom is 0.308 e. The summed E-state index contributed by atoms with van der Waals surface area (Å²) in [5, 5.41) is 9.10. The molecule has 1 aliphatic heterocycles. The van der Waals surface area contributed by atoms with Crippen LogP contribution in [0.1, 0.15) is 30.4 Å². The van der Waals surface area contributed by atoms with Crippen LogP contribution in [0.4, 0.5) is 0 Å². The van der Waals surface area contributed by atoms with Crippen molar-refractivity contribution in [3.8, 4) is 0 Å². The summed E-state index contributed by atoms with van der Waals surface area (Å²) in [5.74, 6) is -1.63. The molecule has 0 saturated carbocycles. The molecular weight excluding hydrogens is 320 g/mol. The van der Waals surface area contributed by atoms with Gasteiger partial charge in [-0.3, -0.25) is 14.4 Å². The van der Waals surface area contributed by atoms with E-state index in [9.17, 15) is 14.4 Å². The van der Waals surface area contributed by atoms with Crippen molar-refractivity contribution in [2.24, 2.45) is 5.92 Å². The van der Waals surface area contributed by atoms with Crippen molar-refractivity contribution in [1.29, 1.82) is 0 Å². The van der Waals surface area contributed by atoms with E-state index in [0.29, 0.717) is 32.2 Å². The minimum absolute atomic E-state index is 0.00100. The number of nitrogens with zero attached hydrogens (tertiary/aromatic N) is 2. The Morgan fingerprint density at radius 1 is 1.32 bits per heavy atom. The molecule has 1 aromatic rings. The van der Waals surface area contributed by atoms with Crippen LogP contribution in [0.15, 0.2) is 24.3 Å². The minimum atomic E-state index is -0.861. The van der Waals surface area contributed by atoms with E-state index in [-0.39, 0.29) is 24.9 Å². The van der Waals surface area contributed by atoms with Crippen LogP contribution >= 0.6 is 0 Å². The molecule has 1 aromatic carbocycles. The van der Waals surface area contributed by atoms with Crippen molar-refractivity contribution < 1.29 is 19.5 Å². The molecule has 1 heterocycles. The molecule has 1 N–H and O–H groups in total. The van der Waals surface area contributed by atoms with Gasteiger partial charge in [0.15, 0.2) is 0 Å². The second-order valence-corrected chi connectivity index (χ2v) is 6.76. The van der Waals surface area contributed by atoms with Gasteiger partial charge in [0.2, 0.25) is 11.8 Å². The summed E-state index contributed by atoms with van der Waals surface area (Å²) in [6, 6.07) is 8.03. The van der Waals surface area contributed by atoms with E-state index in [4.69, 9.17) is 5.11 Å². The minimum Gasteiger partial charge on any atom is -0.481 e. The van der Waals surface area contributed by atoms with Gasteiger partial charge in [-0.25, -0.2) is 0 Å². The lowest BCUT2D eigenvalue weighted by molar-refractivity contribution is -0.147. The average molecular weight is 346 g/mol. The Hall–Kier alpha value is -2.37. The second-order valence-electron chi connectivity index (χ2n) is 6.76. The number of carboxylic acid groups (broad SMARTS) is 1.